The van der Waals surface area contributed by atoms with Crippen molar-refractivity contribution in [2.45, 2.75) is 25.9 Å². The van der Waals surface area contributed by atoms with Crippen molar-refractivity contribution in [1.29, 1.82) is 0 Å². The first-order valence-corrected chi connectivity index (χ1v) is 3.95. The van der Waals surface area contributed by atoms with Gasteiger partial charge >= 0.3 is 5.63 Å². The van der Waals surface area contributed by atoms with Crippen LogP contribution in [0.5, 0.6) is 0 Å². The van der Waals surface area contributed by atoms with Gasteiger partial charge in [-0.25, -0.2) is 9.95 Å². The van der Waals surface area contributed by atoms with Crippen molar-refractivity contribution in [2.24, 2.45) is 0 Å². The molecule has 0 unspecified atom stereocenters. The van der Waals surface area contributed by atoms with Gasteiger partial charge in [0.05, 0.1) is 16.8 Å². The van der Waals surface area contributed by atoms with Gasteiger partial charge in [-0.15, -0.1) is 0 Å². The molecule has 1 aliphatic heterocycles. The number of aromatic amines is 1. The molecule has 0 aromatic carbocycles. The third kappa shape index (κ3) is 0.728. The largest absolute Gasteiger partial charge is 0.362 e. The van der Waals surface area contributed by atoms with Gasteiger partial charge in [-0.2, -0.15) is 0 Å². The Bertz CT molecular complexity index is 361. The molecular weight excluding hydrogens is 156 g/mol. The lowest BCUT2D eigenvalue weighted by molar-refractivity contribution is 0.162. The summed E-state index contributed by atoms with van der Waals surface area (Å²) in [6, 6.07) is 0. The van der Waals surface area contributed by atoms with E-state index in [2.05, 4.69) is 23.9 Å². The standard InChI is InChI=1S/C8H12N2O2/c1-8(2)6-5(4-10(8)3)7(11)12-9-6/h9H,4H2,1-3H3. The molecule has 66 valence electrons. The van der Waals surface area contributed by atoms with Gasteiger partial charge in [0.15, 0.2) is 0 Å². The summed E-state index contributed by atoms with van der Waals surface area (Å²) in [6.45, 7) is 4.79. The first-order chi connectivity index (χ1) is 5.53. The van der Waals surface area contributed by atoms with Crippen molar-refractivity contribution >= 4 is 0 Å². The normalized spacial score (nSPS) is 21.2. The van der Waals surface area contributed by atoms with Gasteiger partial charge in [-0.3, -0.25) is 4.90 Å². The molecule has 4 nitrogen and oxygen atoms in total. The van der Waals surface area contributed by atoms with E-state index in [1.54, 1.807) is 0 Å². The van der Waals surface area contributed by atoms with Crippen LogP contribution in [0.25, 0.3) is 0 Å². The second-order valence-corrected chi connectivity index (χ2v) is 3.76. The zero-order valence-corrected chi connectivity index (χ0v) is 7.47. The molecular formula is C8H12N2O2. The van der Waals surface area contributed by atoms with Crippen LogP contribution in [0.3, 0.4) is 0 Å². The number of fused-ring (bicyclic) bond motifs is 1. The van der Waals surface area contributed by atoms with E-state index < -0.39 is 0 Å². The van der Waals surface area contributed by atoms with E-state index in [-0.39, 0.29) is 11.2 Å². The van der Waals surface area contributed by atoms with Crippen molar-refractivity contribution in [2.75, 3.05) is 7.05 Å². The third-order valence-electron chi connectivity index (χ3n) is 2.76. The minimum Gasteiger partial charge on any atom is -0.338 e. The van der Waals surface area contributed by atoms with E-state index >= 15 is 0 Å². The molecule has 0 aliphatic carbocycles. The molecule has 0 amide bonds. The number of H-pyrrole nitrogens is 1. The fourth-order valence-electron chi connectivity index (χ4n) is 1.59. The van der Waals surface area contributed by atoms with Crippen molar-refractivity contribution < 1.29 is 4.52 Å². The molecule has 0 atom stereocenters. The van der Waals surface area contributed by atoms with Crippen molar-refractivity contribution in [3.05, 3.63) is 21.7 Å². The molecule has 1 aromatic rings. The van der Waals surface area contributed by atoms with E-state index in [9.17, 15) is 4.79 Å². The Kier molecular flexibility index (Phi) is 1.28. The smallest absolute Gasteiger partial charge is 0.338 e. The van der Waals surface area contributed by atoms with Crippen LogP contribution in [0, 0.1) is 0 Å². The zero-order valence-electron chi connectivity index (χ0n) is 7.47. The Morgan fingerprint density at radius 2 is 2.25 bits per heavy atom. The molecule has 1 N–H and O–H groups in total. The van der Waals surface area contributed by atoms with E-state index in [4.69, 9.17) is 4.52 Å². The molecule has 2 rings (SSSR count). The van der Waals surface area contributed by atoms with Crippen molar-refractivity contribution in [1.82, 2.24) is 10.1 Å². The fourth-order valence-corrected chi connectivity index (χ4v) is 1.59. The lowest BCUT2D eigenvalue weighted by Gasteiger charge is -2.27. The van der Waals surface area contributed by atoms with Crippen LogP contribution in [0.4, 0.5) is 0 Å². The predicted molar refractivity (Wildman–Crippen MR) is 43.8 cm³/mol. The number of aromatic nitrogens is 1. The highest BCUT2D eigenvalue weighted by Gasteiger charge is 2.38. The van der Waals surface area contributed by atoms with Crippen molar-refractivity contribution in [3.63, 3.8) is 0 Å². The van der Waals surface area contributed by atoms with Crippen LogP contribution in [-0.2, 0) is 12.1 Å². The summed E-state index contributed by atoms with van der Waals surface area (Å²) in [6.07, 6.45) is 0. The Hall–Kier alpha value is -1.03. The molecule has 0 radical (unpaired) electrons. The van der Waals surface area contributed by atoms with Crippen LogP contribution in [-0.4, -0.2) is 17.1 Å². The third-order valence-corrected chi connectivity index (χ3v) is 2.76. The van der Waals surface area contributed by atoms with Crippen molar-refractivity contribution in [3.8, 4) is 0 Å². The van der Waals surface area contributed by atoms with Crippen LogP contribution in [0.1, 0.15) is 25.1 Å². The number of nitrogens with zero attached hydrogens (tertiary/aromatic N) is 1. The molecule has 0 bridgehead atoms. The molecule has 0 saturated heterocycles. The van der Waals surface area contributed by atoms with Crippen LogP contribution >= 0.6 is 0 Å². The lowest BCUT2D eigenvalue weighted by Crippen LogP contribution is -2.32. The molecule has 0 spiro atoms. The van der Waals surface area contributed by atoms with Gasteiger partial charge in [0.25, 0.3) is 0 Å². The monoisotopic (exact) mass is 168 g/mol. The number of hydrogen-bond acceptors (Lipinski definition) is 3. The summed E-state index contributed by atoms with van der Waals surface area (Å²) < 4.78 is 4.71. The SMILES string of the molecule is CN1Cc2c([nH]oc2=O)C1(C)C. The number of rotatable bonds is 0. The molecule has 0 saturated carbocycles. The second-order valence-electron chi connectivity index (χ2n) is 3.76. The fraction of sp³-hybridized carbons (Fsp3) is 0.625. The second kappa shape index (κ2) is 2.01. The molecule has 2 heterocycles. The van der Waals surface area contributed by atoms with E-state index in [1.807, 2.05) is 7.05 Å². The van der Waals surface area contributed by atoms with E-state index in [0.717, 1.165) is 11.3 Å². The minimum atomic E-state index is -0.234. The predicted octanol–water partition coefficient (Wildman–Crippen LogP) is 0.648. The Morgan fingerprint density at radius 1 is 1.58 bits per heavy atom. The summed E-state index contributed by atoms with van der Waals surface area (Å²) >= 11 is 0. The lowest BCUT2D eigenvalue weighted by atomic mass is 10.0. The van der Waals surface area contributed by atoms with Gasteiger partial charge in [0.2, 0.25) is 0 Å². The zero-order chi connectivity index (χ0) is 8.93. The van der Waals surface area contributed by atoms with Gasteiger partial charge in [-0.1, -0.05) is 0 Å². The highest BCUT2D eigenvalue weighted by Crippen LogP contribution is 2.33. The van der Waals surface area contributed by atoms with E-state index in [1.165, 1.54) is 0 Å². The minimum absolute atomic E-state index is 0.110. The van der Waals surface area contributed by atoms with Crippen LogP contribution < -0.4 is 5.63 Å². The maximum absolute atomic E-state index is 11.1. The van der Waals surface area contributed by atoms with Crippen LogP contribution in [0.2, 0.25) is 0 Å². The molecule has 12 heavy (non-hydrogen) atoms. The summed E-state index contributed by atoms with van der Waals surface area (Å²) in [7, 11) is 1.99. The summed E-state index contributed by atoms with van der Waals surface area (Å²) in [4.78, 5) is 13.2. The Morgan fingerprint density at radius 3 is 2.83 bits per heavy atom. The summed E-state index contributed by atoms with van der Waals surface area (Å²) in [5.41, 5.74) is 1.33. The van der Waals surface area contributed by atoms with Gasteiger partial charge in [-0.05, 0) is 20.9 Å². The first kappa shape index (κ1) is 7.61. The Labute approximate surface area is 70.1 Å². The summed E-state index contributed by atoms with van der Waals surface area (Å²) in [5, 5.41) is 2.68. The van der Waals surface area contributed by atoms with Gasteiger partial charge < -0.3 is 4.52 Å². The molecule has 1 aliphatic rings. The van der Waals surface area contributed by atoms with Crippen LogP contribution in [0.15, 0.2) is 9.32 Å². The summed E-state index contributed by atoms with van der Waals surface area (Å²) in [5.74, 6) is 0. The van der Waals surface area contributed by atoms with E-state index in [0.29, 0.717) is 6.54 Å². The average Bonchev–Trinajstić information content (AvgIpc) is 2.41. The number of hydrogen-bond donors (Lipinski definition) is 1. The van der Waals surface area contributed by atoms with Gasteiger partial charge in [0, 0.05) is 6.54 Å². The van der Waals surface area contributed by atoms with Gasteiger partial charge in [0.1, 0.15) is 0 Å². The average molecular weight is 168 g/mol. The Balaban J connectivity index is 2.63. The molecule has 4 heteroatoms. The maximum Gasteiger partial charge on any atom is 0.362 e. The quantitative estimate of drug-likeness (QED) is 0.618. The highest BCUT2D eigenvalue weighted by molar-refractivity contribution is 5.27. The first-order valence-electron chi connectivity index (χ1n) is 3.95. The highest BCUT2D eigenvalue weighted by atomic mass is 16.5. The molecule has 0 fully saturated rings. The number of nitrogens with one attached hydrogen (secondary N) is 1. The molecule has 1 aromatic heterocycles. The maximum atomic E-state index is 11.1. The topological polar surface area (TPSA) is 49.2 Å².